The van der Waals surface area contributed by atoms with Crippen LogP contribution in [0.25, 0.3) is 0 Å². The van der Waals surface area contributed by atoms with E-state index in [0.29, 0.717) is 10.6 Å². The van der Waals surface area contributed by atoms with Crippen LogP contribution in [-0.2, 0) is 0 Å². The predicted octanol–water partition coefficient (Wildman–Crippen LogP) is 3.64. The number of carbonyl (C=O) groups excluding carboxylic acids is 1. The van der Waals surface area contributed by atoms with Crippen molar-refractivity contribution in [2.45, 2.75) is 26.2 Å². The average molecular weight is 293 g/mol. The molecule has 1 saturated heterocycles. The zero-order valence-electron chi connectivity index (χ0n) is 11.9. The smallest absolute Gasteiger partial charge is 0.256 e. The molecule has 2 fully saturated rings. The fourth-order valence-corrected chi connectivity index (χ4v) is 3.78. The molecule has 1 N–H and O–H groups in total. The van der Waals surface area contributed by atoms with Gasteiger partial charge in [0.2, 0.25) is 0 Å². The van der Waals surface area contributed by atoms with Crippen LogP contribution >= 0.6 is 11.6 Å². The van der Waals surface area contributed by atoms with Crippen LogP contribution in [-0.4, -0.2) is 30.4 Å². The van der Waals surface area contributed by atoms with Crippen molar-refractivity contribution >= 4 is 23.2 Å². The van der Waals surface area contributed by atoms with Crippen LogP contribution in [0.5, 0.6) is 0 Å². The molecule has 1 aliphatic carbocycles. The number of amides is 1. The number of benzene rings is 1. The number of likely N-dealkylation sites (tertiary alicyclic amines) is 1. The Balaban J connectivity index is 1.81. The molecule has 0 radical (unpaired) electrons. The first-order valence-corrected chi connectivity index (χ1v) is 7.89. The normalized spacial score (nSPS) is 24.8. The summed E-state index contributed by atoms with van der Waals surface area (Å²) in [5, 5.41) is 3.87. The fourth-order valence-electron chi connectivity index (χ4n) is 3.61. The van der Waals surface area contributed by atoms with Gasteiger partial charge in [-0.05, 0) is 49.8 Å². The number of anilines is 1. The summed E-state index contributed by atoms with van der Waals surface area (Å²) in [5.74, 6) is 1.57. The molecule has 1 aromatic rings. The third-order valence-electron chi connectivity index (χ3n) is 4.59. The van der Waals surface area contributed by atoms with E-state index in [4.69, 9.17) is 11.6 Å². The Morgan fingerprint density at radius 3 is 2.70 bits per heavy atom. The zero-order chi connectivity index (χ0) is 14.1. The maximum Gasteiger partial charge on any atom is 0.256 e. The maximum absolute atomic E-state index is 12.8. The maximum atomic E-state index is 12.8. The first kappa shape index (κ1) is 13.7. The van der Waals surface area contributed by atoms with Crippen molar-refractivity contribution < 1.29 is 4.79 Å². The molecule has 2 aliphatic rings. The van der Waals surface area contributed by atoms with Crippen molar-refractivity contribution in [3.8, 4) is 0 Å². The quantitative estimate of drug-likeness (QED) is 0.922. The van der Waals surface area contributed by atoms with Gasteiger partial charge in [-0.15, -0.1) is 0 Å². The van der Waals surface area contributed by atoms with Gasteiger partial charge in [-0.2, -0.15) is 0 Å². The molecule has 2 atom stereocenters. The van der Waals surface area contributed by atoms with Crippen LogP contribution in [0.3, 0.4) is 0 Å². The highest BCUT2D eigenvalue weighted by molar-refractivity contribution is 6.31. The summed E-state index contributed by atoms with van der Waals surface area (Å²) in [4.78, 5) is 14.8. The van der Waals surface area contributed by atoms with Gasteiger partial charge >= 0.3 is 0 Å². The van der Waals surface area contributed by atoms with E-state index in [0.717, 1.165) is 37.2 Å². The van der Waals surface area contributed by atoms with E-state index < -0.39 is 0 Å². The van der Waals surface area contributed by atoms with Crippen molar-refractivity contribution in [1.29, 1.82) is 0 Å². The second-order valence-corrected chi connectivity index (χ2v) is 6.32. The standard InChI is InChI=1S/C16H21ClN2O/c1-2-18-15-7-6-13(17)8-14(15)16(20)19-9-11-4-3-5-12(11)10-19/h6-8,11-12,18H,2-5,9-10H2,1H3. The Kier molecular flexibility index (Phi) is 3.88. The molecular formula is C16H21ClN2O. The number of fused-ring (bicyclic) bond motifs is 1. The van der Waals surface area contributed by atoms with Crippen molar-refractivity contribution in [2.75, 3.05) is 25.0 Å². The Morgan fingerprint density at radius 1 is 1.35 bits per heavy atom. The Labute approximate surface area is 125 Å². The van der Waals surface area contributed by atoms with Crippen LogP contribution in [0.4, 0.5) is 5.69 Å². The Hall–Kier alpha value is -1.22. The number of nitrogens with one attached hydrogen (secondary N) is 1. The second-order valence-electron chi connectivity index (χ2n) is 5.88. The monoisotopic (exact) mass is 292 g/mol. The molecule has 4 heteroatoms. The summed E-state index contributed by atoms with van der Waals surface area (Å²) < 4.78 is 0. The summed E-state index contributed by atoms with van der Waals surface area (Å²) >= 11 is 6.07. The molecule has 0 spiro atoms. The minimum atomic E-state index is 0.123. The topological polar surface area (TPSA) is 32.3 Å². The van der Waals surface area contributed by atoms with Crippen LogP contribution in [0.2, 0.25) is 5.02 Å². The zero-order valence-corrected chi connectivity index (χ0v) is 12.6. The SMILES string of the molecule is CCNc1ccc(Cl)cc1C(=O)N1CC2CCCC2C1. The molecule has 0 bridgehead atoms. The summed E-state index contributed by atoms with van der Waals surface area (Å²) in [6.07, 6.45) is 3.89. The van der Waals surface area contributed by atoms with Gasteiger partial charge in [0.05, 0.1) is 5.56 Å². The van der Waals surface area contributed by atoms with Crippen LogP contribution in [0, 0.1) is 11.8 Å². The van der Waals surface area contributed by atoms with E-state index in [1.54, 1.807) is 6.07 Å². The van der Waals surface area contributed by atoms with Crippen LogP contribution in [0.1, 0.15) is 36.5 Å². The summed E-state index contributed by atoms with van der Waals surface area (Å²) in [5.41, 5.74) is 1.60. The highest BCUT2D eigenvalue weighted by Gasteiger charge is 2.38. The number of nitrogens with zero attached hydrogens (tertiary/aromatic N) is 1. The molecule has 1 aromatic carbocycles. The molecular weight excluding hydrogens is 272 g/mol. The summed E-state index contributed by atoms with van der Waals surface area (Å²) in [6, 6.07) is 5.51. The molecule has 3 nitrogen and oxygen atoms in total. The van der Waals surface area contributed by atoms with E-state index >= 15 is 0 Å². The third kappa shape index (κ3) is 2.51. The van der Waals surface area contributed by atoms with Crippen molar-refractivity contribution in [2.24, 2.45) is 11.8 Å². The van der Waals surface area contributed by atoms with Gasteiger partial charge in [-0.25, -0.2) is 0 Å². The first-order chi connectivity index (χ1) is 9.69. The van der Waals surface area contributed by atoms with Gasteiger partial charge in [0.15, 0.2) is 0 Å². The van der Waals surface area contributed by atoms with Crippen molar-refractivity contribution in [3.05, 3.63) is 28.8 Å². The lowest BCUT2D eigenvalue weighted by Crippen LogP contribution is -2.30. The lowest BCUT2D eigenvalue weighted by molar-refractivity contribution is 0.0781. The molecule has 1 heterocycles. The van der Waals surface area contributed by atoms with Gasteiger partial charge in [0.25, 0.3) is 5.91 Å². The molecule has 20 heavy (non-hydrogen) atoms. The predicted molar refractivity (Wildman–Crippen MR) is 82.4 cm³/mol. The number of hydrogen-bond donors (Lipinski definition) is 1. The van der Waals surface area contributed by atoms with Crippen LogP contribution in [0.15, 0.2) is 18.2 Å². The van der Waals surface area contributed by atoms with Crippen molar-refractivity contribution in [3.63, 3.8) is 0 Å². The van der Waals surface area contributed by atoms with E-state index in [1.807, 2.05) is 24.0 Å². The minimum absolute atomic E-state index is 0.123. The lowest BCUT2D eigenvalue weighted by Gasteiger charge is -2.20. The molecule has 1 amide bonds. The first-order valence-electron chi connectivity index (χ1n) is 7.51. The van der Waals surface area contributed by atoms with Gasteiger partial charge in [-0.1, -0.05) is 18.0 Å². The lowest BCUT2D eigenvalue weighted by atomic mass is 10.0. The number of halogens is 1. The number of rotatable bonds is 3. The molecule has 1 saturated carbocycles. The number of hydrogen-bond acceptors (Lipinski definition) is 2. The van der Waals surface area contributed by atoms with Gasteiger partial charge in [0.1, 0.15) is 0 Å². The van der Waals surface area contributed by atoms with Gasteiger partial charge in [0, 0.05) is 30.3 Å². The Bertz CT molecular complexity index is 505. The van der Waals surface area contributed by atoms with E-state index in [9.17, 15) is 4.79 Å². The molecule has 2 unspecified atom stereocenters. The Morgan fingerprint density at radius 2 is 2.05 bits per heavy atom. The third-order valence-corrected chi connectivity index (χ3v) is 4.83. The van der Waals surface area contributed by atoms with E-state index in [2.05, 4.69) is 5.32 Å². The second kappa shape index (κ2) is 5.65. The van der Waals surface area contributed by atoms with Crippen LogP contribution < -0.4 is 5.32 Å². The number of carbonyl (C=O) groups is 1. The fraction of sp³-hybridized carbons (Fsp3) is 0.562. The minimum Gasteiger partial charge on any atom is -0.385 e. The van der Waals surface area contributed by atoms with Gasteiger partial charge in [-0.3, -0.25) is 4.79 Å². The molecule has 3 rings (SSSR count). The summed E-state index contributed by atoms with van der Waals surface area (Å²) in [7, 11) is 0. The van der Waals surface area contributed by atoms with E-state index in [-0.39, 0.29) is 5.91 Å². The average Bonchev–Trinajstić information content (AvgIpc) is 3.01. The molecule has 1 aliphatic heterocycles. The highest BCUT2D eigenvalue weighted by Crippen LogP contribution is 2.38. The summed E-state index contributed by atoms with van der Waals surface area (Å²) in [6.45, 7) is 4.67. The van der Waals surface area contributed by atoms with E-state index in [1.165, 1.54) is 19.3 Å². The van der Waals surface area contributed by atoms with Gasteiger partial charge < -0.3 is 10.2 Å². The highest BCUT2D eigenvalue weighted by atomic mass is 35.5. The molecule has 108 valence electrons. The molecule has 0 aromatic heterocycles. The largest absolute Gasteiger partial charge is 0.385 e. The van der Waals surface area contributed by atoms with Crippen molar-refractivity contribution in [1.82, 2.24) is 4.90 Å².